The van der Waals surface area contributed by atoms with E-state index in [1.165, 1.54) is 0 Å². The monoisotopic (exact) mass is 496 g/mol. The number of hydrogen-bond donors (Lipinski definition) is 0. The second-order valence-electron chi connectivity index (χ2n) is 6.43. The molecule has 4 nitrogen and oxygen atoms in total. The van der Waals surface area contributed by atoms with Gasteiger partial charge in [-0.2, -0.15) is 0 Å². The molecule has 0 spiro atoms. The third-order valence-electron chi connectivity index (χ3n) is 4.22. The zero-order valence-electron chi connectivity index (χ0n) is 16.2. The minimum Gasteiger partial charge on any atom is -0.240 e. The zero-order chi connectivity index (χ0) is 20.9. The Kier molecular flexibility index (Phi) is 6.76. The quantitative estimate of drug-likeness (QED) is 0.209. The van der Waals surface area contributed by atoms with Gasteiger partial charge in [0.05, 0.1) is 11.4 Å². The van der Waals surface area contributed by atoms with Gasteiger partial charge in [-0.15, -0.1) is 32.9 Å². The van der Waals surface area contributed by atoms with E-state index in [2.05, 4.69) is 45.2 Å². The van der Waals surface area contributed by atoms with Crippen molar-refractivity contribution < 1.29 is 0 Å². The van der Waals surface area contributed by atoms with E-state index in [0.29, 0.717) is 0 Å². The summed E-state index contributed by atoms with van der Waals surface area (Å²) in [5.41, 5.74) is 4.48. The molecule has 5 aromatic rings. The van der Waals surface area contributed by atoms with Gasteiger partial charge in [0, 0.05) is 33.4 Å². The molecule has 154 valence electrons. The molecule has 3 aromatic heterocycles. The van der Waals surface area contributed by atoms with Crippen LogP contribution in [0.1, 0.15) is 11.4 Å². The van der Waals surface area contributed by atoms with Crippen LogP contribution in [-0.2, 0) is 11.5 Å². The van der Waals surface area contributed by atoms with Gasteiger partial charge in [0.2, 0.25) is 0 Å². The largest absolute Gasteiger partial charge is 0.240 e. The van der Waals surface area contributed by atoms with Crippen LogP contribution in [0.5, 0.6) is 0 Å². The molecule has 0 aliphatic heterocycles. The van der Waals surface area contributed by atoms with Crippen molar-refractivity contribution in [2.75, 3.05) is 0 Å². The van der Waals surface area contributed by atoms with Crippen LogP contribution >= 0.6 is 57.5 Å². The normalized spacial score (nSPS) is 11.1. The van der Waals surface area contributed by atoms with Gasteiger partial charge in [-0.1, -0.05) is 95.5 Å². The minimum atomic E-state index is 0.801. The summed E-state index contributed by atoms with van der Waals surface area (Å²) in [5.74, 6) is 1.60. The van der Waals surface area contributed by atoms with E-state index in [-0.39, 0.29) is 0 Å². The molecule has 3 heterocycles. The SMILES string of the molecule is c1ccc(-c2nc(CSc3nnc(SCc4csc(-c5ccccc5)n4)s3)cs2)cc1. The van der Waals surface area contributed by atoms with Crippen LogP contribution in [0.4, 0.5) is 0 Å². The Morgan fingerprint density at radius 2 is 1.06 bits per heavy atom. The summed E-state index contributed by atoms with van der Waals surface area (Å²) in [4.78, 5) is 9.49. The fourth-order valence-electron chi connectivity index (χ4n) is 2.76. The van der Waals surface area contributed by atoms with Gasteiger partial charge in [0.1, 0.15) is 10.0 Å². The van der Waals surface area contributed by atoms with E-state index in [9.17, 15) is 0 Å². The lowest BCUT2D eigenvalue weighted by Crippen LogP contribution is -1.82. The summed E-state index contributed by atoms with van der Waals surface area (Å²) in [5, 5.41) is 15.0. The number of nitrogens with zero attached hydrogens (tertiary/aromatic N) is 4. The fraction of sp³-hybridized carbons (Fsp3) is 0.0909. The minimum absolute atomic E-state index is 0.801. The predicted molar refractivity (Wildman–Crippen MR) is 134 cm³/mol. The summed E-state index contributed by atoms with van der Waals surface area (Å²) in [6, 6.07) is 20.6. The molecule has 31 heavy (non-hydrogen) atoms. The Morgan fingerprint density at radius 3 is 1.52 bits per heavy atom. The van der Waals surface area contributed by atoms with Crippen LogP contribution in [0.25, 0.3) is 21.1 Å². The summed E-state index contributed by atoms with van der Waals surface area (Å²) in [6.07, 6.45) is 0. The molecule has 0 N–H and O–H groups in total. The molecule has 0 atom stereocenters. The predicted octanol–water partition coefficient (Wildman–Crippen LogP) is 7.37. The van der Waals surface area contributed by atoms with Gasteiger partial charge in [-0.3, -0.25) is 0 Å². The summed E-state index contributed by atoms with van der Waals surface area (Å²) in [7, 11) is 0. The van der Waals surface area contributed by atoms with E-state index in [0.717, 1.165) is 52.7 Å². The van der Waals surface area contributed by atoms with Gasteiger partial charge in [0.15, 0.2) is 8.68 Å². The number of thioether (sulfide) groups is 2. The second-order valence-corrected chi connectivity index (χ2v) is 11.6. The molecule has 0 bridgehead atoms. The highest BCUT2D eigenvalue weighted by Crippen LogP contribution is 2.34. The maximum absolute atomic E-state index is 4.75. The van der Waals surface area contributed by atoms with Gasteiger partial charge in [-0.05, 0) is 0 Å². The Hall–Kier alpha value is -2.04. The van der Waals surface area contributed by atoms with E-state index >= 15 is 0 Å². The smallest absolute Gasteiger partial charge is 0.175 e. The lowest BCUT2D eigenvalue weighted by atomic mass is 10.2. The maximum Gasteiger partial charge on any atom is 0.175 e. The lowest BCUT2D eigenvalue weighted by molar-refractivity contribution is 0.953. The van der Waals surface area contributed by atoms with Crippen LogP contribution in [-0.4, -0.2) is 20.2 Å². The summed E-state index contributed by atoms with van der Waals surface area (Å²) < 4.78 is 1.94. The topological polar surface area (TPSA) is 51.6 Å². The van der Waals surface area contributed by atoms with Crippen LogP contribution in [0.3, 0.4) is 0 Å². The Bertz CT molecular complexity index is 1150. The standard InChI is InChI=1S/C22H16N4S5/c1-3-7-15(8-4-1)19-23-17(11-27-19)13-29-21-25-26-22(31-21)30-14-18-12-28-20(24-18)16-9-5-2-6-10-16/h1-12H,13-14H2. The van der Waals surface area contributed by atoms with Crippen molar-refractivity contribution >= 4 is 57.5 Å². The Balaban J connectivity index is 1.14. The molecule has 0 amide bonds. The molecular formula is C22H16N4S5. The van der Waals surface area contributed by atoms with E-state index < -0.39 is 0 Å². The van der Waals surface area contributed by atoms with Crippen LogP contribution in [0.2, 0.25) is 0 Å². The van der Waals surface area contributed by atoms with Crippen molar-refractivity contribution in [3.8, 4) is 21.1 Å². The first-order chi connectivity index (χ1) is 15.3. The number of aromatic nitrogens is 4. The van der Waals surface area contributed by atoms with Gasteiger partial charge in [0.25, 0.3) is 0 Å². The van der Waals surface area contributed by atoms with Crippen molar-refractivity contribution in [2.45, 2.75) is 20.2 Å². The van der Waals surface area contributed by atoms with Gasteiger partial charge < -0.3 is 0 Å². The number of hydrogen-bond acceptors (Lipinski definition) is 9. The van der Waals surface area contributed by atoms with Crippen molar-refractivity contribution in [2.24, 2.45) is 0 Å². The molecule has 0 aliphatic rings. The van der Waals surface area contributed by atoms with Crippen LogP contribution in [0.15, 0.2) is 80.1 Å². The van der Waals surface area contributed by atoms with E-state index in [1.54, 1.807) is 57.5 Å². The first kappa shape index (κ1) is 20.8. The molecule has 0 saturated heterocycles. The third-order valence-corrected chi connectivity index (χ3v) is 9.36. The number of thiazole rings is 2. The molecule has 5 rings (SSSR count). The highest BCUT2D eigenvalue weighted by atomic mass is 32.2. The average molecular weight is 497 g/mol. The Labute approximate surface area is 200 Å². The number of rotatable bonds is 8. The van der Waals surface area contributed by atoms with Crippen molar-refractivity contribution in [3.05, 3.63) is 82.8 Å². The van der Waals surface area contributed by atoms with Crippen molar-refractivity contribution in [1.29, 1.82) is 0 Å². The molecule has 0 aliphatic carbocycles. The molecule has 0 saturated carbocycles. The Morgan fingerprint density at radius 1 is 0.613 bits per heavy atom. The zero-order valence-corrected chi connectivity index (χ0v) is 20.3. The summed E-state index contributed by atoms with van der Waals surface area (Å²) in [6.45, 7) is 0. The van der Waals surface area contributed by atoms with Crippen molar-refractivity contribution in [3.63, 3.8) is 0 Å². The van der Waals surface area contributed by atoms with Gasteiger partial charge in [-0.25, -0.2) is 9.97 Å². The van der Waals surface area contributed by atoms with Crippen LogP contribution < -0.4 is 0 Å². The highest BCUT2D eigenvalue weighted by Gasteiger charge is 2.10. The average Bonchev–Trinajstić information content (AvgIpc) is 3.58. The van der Waals surface area contributed by atoms with E-state index in [4.69, 9.17) is 9.97 Å². The highest BCUT2D eigenvalue weighted by molar-refractivity contribution is 8.02. The molecule has 9 heteroatoms. The van der Waals surface area contributed by atoms with Gasteiger partial charge >= 0.3 is 0 Å². The van der Waals surface area contributed by atoms with Crippen molar-refractivity contribution in [1.82, 2.24) is 20.2 Å². The number of benzene rings is 2. The molecular weight excluding hydrogens is 481 g/mol. The first-order valence-electron chi connectivity index (χ1n) is 9.42. The molecule has 0 fully saturated rings. The molecule has 0 radical (unpaired) electrons. The first-order valence-corrected chi connectivity index (χ1v) is 14.0. The fourth-order valence-corrected chi connectivity index (χ4v) is 7.43. The maximum atomic E-state index is 4.75. The van der Waals surface area contributed by atoms with Crippen LogP contribution in [0, 0.1) is 0 Å². The van der Waals surface area contributed by atoms with E-state index in [1.807, 2.05) is 36.4 Å². The summed E-state index contributed by atoms with van der Waals surface area (Å²) >= 11 is 8.37. The third kappa shape index (κ3) is 5.42. The second kappa shape index (κ2) is 10.1. The molecule has 0 unspecified atom stereocenters. The molecule has 2 aromatic carbocycles. The lowest BCUT2D eigenvalue weighted by Gasteiger charge is -1.95.